The maximum Gasteiger partial charge on any atom is 0.0606 e. The van der Waals surface area contributed by atoms with Crippen molar-refractivity contribution in [2.24, 2.45) is 11.7 Å². The summed E-state index contributed by atoms with van der Waals surface area (Å²) in [5.41, 5.74) is 5.12. The Kier molecular flexibility index (Phi) is 6.22. The van der Waals surface area contributed by atoms with Crippen molar-refractivity contribution in [3.63, 3.8) is 0 Å². The molecular weight excluding hydrogens is 162 g/mol. The predicted molar refractivity (Wildman–Crippen MR) is 51.0 cm³/mol. The van der Waals surface area contributed by atoms with Crippen molar-refractivity contribution in [1.29, 1.82) is 0 Å². The second kappa shape index (κ2) is 4.96. The van der Waals surface area contributed by atoms with Gasteiger partial charge in [0.05, 0.1) is 5.60 Å². The normalized spacial score (nSPS) is 14.5. The zero-order chi connectivity index (χ0) is 8.36. The molecule has 0 spiro atoms. The number of rotatable bonds is 3. The lowest BCUT2D eigenvalue weighted by Crippen LogP contribution is -2.35. The highest BCUT2D eigenvalue weighted by Gasteiger charge is 2.19. The van der Waals surface area contributed by atoms with Gasteiger partial charge in [-0.05, 0) is 26.2 Å². The Hall–Kier alpha value is 0.210. The summed E-state index contributed by atoms with van der Waals surface area (Å²) in [6.45, 7) is 7.71. The molecule has 70 valence electrons. The molecule has 0 bridgehead atoms. The molecule has 0 amide bonds. The van der Waals surface area contributed by atoms with Gasteiger partial charge in [0.25, 0.3) is 0 Å². The Balaban J connectivity index is 0. The van der Waals surface area contributed by atoms with E-state index >= 15 is 0 Å². The van der Waals surface area contributed by atoms with Gasteiger partial charge < -0.3 is 10.8 Å². The van der Waals surface area contributed by atoms with Crippen LogP contribution in [0.2, 0.25) is 0 Å². The molecule has 11 heavy (non-hydrogen) atoms. The Morgan fingerprint density at radius 1 is 1.36 bits per heavy atom. The zero-order valence-corrected chi connectivity index (χ0v) is 8.61. The minimum Gasteiger partial charge on any atom is -0.390 e. The SMILES string of the molecule is CC(C)C(N)CC(C)(C)O.Cl. The second-order valence-electron chi connectivity index (χ2n) is 3.92. The molecule has 0 aliphatic rings. The number of hydrogen-bond acceptors (Lipinski definition) is 2. The van der Waals surface area contributed by atoms with Crippen LogP contribution in [0, 0.1) is 5.92 Å². The standard InChI is InChI=1S/C8H19NO.ClH/c1-6(2)7(9)5-8(3,4)10;/h6-7,10H,5,9H2,1-4H3;1H. The van der Waals surface area contributed by atoms with Gasteiger partial charge in [0.1, 0.15) is 0 Å². The van der Waals surface area contributed by atoms with Gasteiger partial charge >= 0.3 is 0 Å². The van der Waals surface area contributed by atoms with Crippen LogP contribution in [0.4, 0.5) is 0 Å². The fourth-order valence-corrected chi connectivity index (χ4v) is 0.813. The van der Waals surface area contributed by atoms with Crippen LogP contribution in [0.15, 0.2) is 0 Å². The molecule has 0 radical (unpaired) electrons. The second-order valence-corrected chi connectivity index (χ2v) is 3.92. The van der Waals surface area contributed by atoms with Gasteiger partial charge in [-0.15, -0.1) is 12.4 Å². The molecule has 2 nitrogen and oxygen atoms in total. The first-order valence-electron chi connectivity index (χ1n) is 3.81. The molecule has 3 N–H and O–H groups in total. The number of hydrogen-bond donors (Lipinski definition) is 2. The Morgan fingerprint density at radius 3 is 1.82 bits per heavy atom. The molecule has 0 saturated carbocycles. The van der Waals surface area contributed by atoms with Crippen molar-refractivity contribution in [3.8, 4) is 0 Å². The Morgan fingerprint density at radius 2 is 1.73 bits per heavy atom. The number of nitrogens with two attached hydrogens (primary N) is 1. The van der Waals surface area contributed by atoms with Crippen LogP contribution in [-0.4, -0.2) is 16.7 Å². The van der Waals surface area contributed by atoms with Gasteiger partial charge in [-0.2, -0.15) is 0 Å². The zero-order valence-electron chi connectivity index (χ0n) is 7.79. The topological polar surface area (TPSA) is 46.2 Å². The lowest BCUT2D eigenvalue weighted by Gasteiger charge is -2.24. The Labute approximate surface area is 75.6 Å². The van der Waals surface area contributed by atoms with E-state index in [1.165, 1.54) is 0 Å². The highest BCUT2D eigenvalue weighted by molar-refractivity contribution is 5.85. The smallest absolute Gasteiger partial charge is 0.0606 e. The van der Waals surface area contributed by atoms with Crippen LogP contribution >= 0.6 is 12.4 Å². The molecule has 0 aliphatic heterocycles. The first-order valence-corrected chi connectivity index (χ1v) is 3.81. The van der Waals surface area contributed by atoms with Crippen LogP contribution in [0.1, 0.15) is 34.1 Å². The highest BCUT2D eigenvalue weighted by atomic mass is 35.5. The summed E-state index contributed by atoms with van der Waals surface area (Å²) >= 11 is 0. The monoisotopic (exact) mass is 181 g/mol. The van der Waals surface area contributed by atoms with Crippen LogP contribution < -0.4 is 5.73 Å². The molecule has 0 aromatic heterocycles. The fraction of sp³-hybridized carbons (Fsp3) is 1.00. The lowest BCUT2D eigenvalue weighted by atomic mass is 9.93. The quantitative estimate of drug-likeness (QED) is 0.694. The molecule has 0 heterocycles. The molecule has 0 saturated heterocycles. The summed E-state index contributed by atoms with van der Waals surface area (Å²) in [5.74, 6) is 0.450. The summed E-state index contributed by atoms with van der Waals surface area (Å²) in [7, 11) is 0. The molecule has 0 aromatic carbocycles. The highest BCUT2D eigenvalue weighted by Crippen LogP contribution is 2.13. The fourth-order valence-electron chi connectivity index (χ4n) is 0.813. The summed E-state index contributed by atoms with van der Waals surface area (Å²) in [6, 6.07) is 0.111. The van der Waals surface area contributed by atoms with Crippen LogP contribution in [0.5, 0.6) is 0 Å². The largest absolute Gasteiger partial charge is 0.390 e. The number of aliphatic hydroxyl groups is 1. The van der Waals surface area contributed by atoms with Crippen molar-refractivity contribution in [3.05, 3.63) is 0 Å². The van der Waals surface area contributed by atoms with Crippen molar-refractivity contribution in [2.75, 3.05) is 0 Å². The Bertz CT molecular complexity index is 98.8. The number of halogens is 1. The average molecular weight is 182 g/mol. The average Bonchev–Trinajstić information content (AvgIpc) is 1.60. The van der Waals surface area contributed by atoms with E-state index in [1.807, 2.05) is 0 Å². The van der Waals surface area contributed by atoms with Crippen molar-refractivity contribution >= 4 is 12.4 Å². The molecule has 0 fully saturated rings. The summed E-state index contributed by atoms with van der Waals surface area (Å²) < 4.78 is 0. The lowest BCUT2D eigenvalue weighted by molar-refractivity contribution is 0.0585. The van der Waals surface area contributed by atoms with Gasteiger partial charge in [-0.1, -0.05) is 13.8 Å². The van der Waals surface area contributed by atoms with E-state index in [0.717, 1.165) is 0 Å². The van der Waals surface area contributed by atoms with E-state index < -0.39 is 5.60 Å². The summed E-state index contributed by atoms with van der Waals surface area (Å²) in [6.07, 6.45) is 0.671. The van der Waals surface area contributed by atoms with E-state index in [9.17, 15) is 5.11 Å². The molecule has 0 rings (SSSR count). The molecule has 3 heteroatoms. The van der Waals surface area contributed by atoms with Crippen molar-refractivity contribution in [2.45, 2.75) is 45.8 Å². The third-order valence-electron chi connectivity index (χ3n) is 1.59. The maximum atomic E-state index is 9.36. The third-order valence-corrected chi connectivity index (χ3v) is 1.59. The molecular formula is C8H20ClNO. The minimum absolute atomic E-state index is 0. The predicted octanol–water partition coefficient (Wildman–Crippen LogP) is 1.55. The minimum atomic E-state index is -0.621. The molecule has 1 unspecified atom stereocenters. The van der Waals surface area contributed by atoms with Crippen LogP contribution in [0.25, 0.3) is 0 Å². The van der Waals surface area contributed by atoms with E-state index in [1.54, 1.807) is 13.8 Å². The molecule has 0 aromatic rings. The van der Waals surface area contributed by atoms with Crippen molar-refractivity contribution in [1.82, 2.24) is 0 Å². The van der Waals surface area contributed by atoms with Gasteiger partial charge in [-0.25, -0.2) is 0 Å². The van der Waals surface area contributed by atoms with E-state index in [2.05, 4.69) is 13.8 Å². The van der Waals surface area contributed by atoms with Crippen molar-refractivity contribution < 1.29 is 5.11 Å². The first-order chi connectivity index (χ1) is 4.33. The van der Waals surface area contributed by atoms with Gasteiger partial charge in [0.15, 0.2) is 0 Å². The maximum absolute atomic E-state index is 9.36. The molecule has 1 atom stereocenters. The molecule has 0 aliphatic carbocycles. The van der Waals surface area contributed by atoms with Crippen LogP contribution in [0.3, 0.4) is 0 Å². The van der Waals surface area contributed by atoms with Gasteiger partial charge in [-0.3, -0.25) is 0 Å². The van der Waals surface area contributed by atoms with E-state index in [-0.39, 0.29) is 18.4 Å². The van der Waals surface area contributed by atoms with E-state index in [4.69, 9.17) is 5.73 Å². The van der Waals surface area contributed by atoms with Crippen LogP contribution in [-0.2, 0) is 0 Å². The third kappa shape index (κ3) is 8.11. The van der Waals surface area contributed by atoms with E-state index in [0.29, 0.717) is 12.3 Å². The summed E-state index contributed by atoms with van der Waals surface area (Å²) in [5, 5.41) is 9.36. The van der Waals surface area contributed by atoms with Gasteiger partial charge in [0.2, 0.25) is 0 Å². The van der Waals surface area contributed by atoms with Gasteiger partial charge in [0, 0.05) is 6.04 Å². The first kappa shape index (κ1) is 13.8. The summed E-state index contributed by atoms with van der Waals surface area (Å²) in [4.78, 5) is 0.